The molecule has 1 aromatic heterocycles. The van der Waals surface area contributed by atoms with Crippen molar-refractivity contribution in [1.29, 1.82) is 0 Å². The van der Waals surface area contributed by atoms with Crippen molar-refractivity contribution in [2.45, 2.75) is 0 Å². The van der Waals surface area contributed by atoms with E-state index in [1.807, 2.05) is 78.9 Å². The second-order valence-corrected chi connectivity index (χ2v) is 13.4. The van der Waals surface area contributed by atoms with E-state index in [1.165, 1.54) is 11.3 Å². The summed E-state index contributed by atoms with van der Waals surface area (Å²) >= 11 is 1.45. The lowest BCUT2D eigenvalue weighted by Gasteiger charge is -2.26. The normalized spacial score (nSPS) is 14.7. The molecule has 0 saturated carbocycles. The number of fused-ring (bicyclic) bond motifs is 5. The van der Waals surface area contributed by atoms with Gasteiger partial charge >= 0.3 is 0 Å². The molecular formula is C50H33NS. The molecule has 0 atom stereocenters. The van der Waals surface area contributed by atoms with E-state index in [0.717, 1.165) is 35.8 Å². The molecule has 0 bridgehead atoms. The predicted molar refractivity (Wildman–Crippen MR) is 225 cm³/mol. The third-order valence-electron chi connectivity index (χ3n) is 9.30. The van der Waals surface area contributed by atoms with Crippen LogP contribution in [0.4, 0.5) is 17.1 Å². The van der Waals surface area contributed by atoms with Gasteiger partial charge in [0.25, 0.3) is 0 Å². The maximum absolute atomic E-state index is 9.64. The molecule has 10 aromatic rings. The Labute approximate surface area is 324 Å². The highest BCUT2D eigenvalue weighted by Gasteiger charge is 2.16. The van der Waals surface area contributed by atoms with Crippen molar-refractivity contribution in [3.8, 4) is 33.4 Å². The first-order valence-corrected chi connectivity index (χ1v) is 17.6. The van der Waals surface area contributed by atoms with Gasteiger partial charge in [-0.05, 0) is 97.2 Å². The lowest BCUT2D eigenvalue weighted by atomic mass is 9.97. The van der Waals surface area contributed by atoms with E-state index in [1.54, 1.807) is 48.5 Å². The zero-order valence-corrected chi connectivity index (χ0v) is 28.3. The van der Waals surface area contributed by atoms with Gasteiger partial charge in [-0.1, -0.05) is 158 Å². The first-order chi connectivity index (χ1) is 30.8. The van der Waals surface area contributed by atoms with Crippen LogP contribution >= 0.6 is 11.3 Å². The van der Waals surface area contributed by atoms with Crippen molar-refractivity contribution in [2.75, 3.05) is 4.90 Å². The zero-order chi connectivity index (χ0) is 44.9. The van der Waals surface area contributed by atoms with Gasteiger partial charge < -0.3 is 4.90 Å². The average molecular weight is 692 g/mol. The smallest absolute Gasteiger partial charge is 0.0645 e. The third kappa shape index (κ3) is 5.24. The molecule has 2 heteroatoms. The molecule has 52 heavy (non-hydrogen) atoms. The number of thiophene rings is 1. The second kappa shape index (κ2) is 12.7. The van der Waals surface area contributed by atoms with Gasteiger partial charge in [0.05, 0.1) is 16.4 Å². The van der Waals surface area contributed by atoms with E-state index in [-0.39, 0.29) is 16.7 Å². The molecule has 1 nitrogen and oxygen atoms in total. The van der Waals surface area contributed by atoms with Gasteiger partial charge in [-0.25, -0.2) is 0 Å². The summed E-state index contributed by atoms with van der Waals surface area (Å²) in [4.78, 5) is 0.867. The molecule has 0 saturated heterocycles. The van der Waals surface area contributed by atoms with Gasteiger partial charge in [0.1, 0.15) is 0 Å². The summed E-state index contributed by atoms with van der Waals surface area (Å²) in [6, 6.07) is 31.5. The summed E-state index contributed by atoms with van der Waals surface area (Å²) in [6.45, 7) is 0. The lowest BCUT2D eigenvalue weighted by Crippen LogP contribution is -2.09. The molecule has 10 rings (SSSR count). The summed E-state index contributed by atoms with van der Waals surface area (Å²) in [7, 11) is 0. The molecule has 1 heterocycles. The van der Waals surface area contributed by atoms with Crippen LogP contribution in [-0.2, 0) is 0 Å². The number of anilines is 3. The van der Waals surface area contributed by atoms with Crippen LogP contribution in [0.5, 0.6) is 0 Å². The number of hydrogen-bond donors (Lipinski definition) is 0. The molecule has 0 radical (unpaired) electrons. The van der Waals surface area contributed by atoms with Gasteiger partial charge in [-0.15, -0.1) is 11.3 Å². The van der Waals surface area contributed by atoms with Crippen LogP contribution < -0.4 is 4.90 Å². The van der Waals surface area contributed by atoms with Gasteiger partial charge in [0.15, 0.2) is 0 Å². The van der Waals surface area contributed by atoms with E-state index in [0.29, 0.717) is 27.5 Å². The molecule has 0 spiro atoms. The van der Waals surface area contributed by atoms with E-state index < -0.39 is 89.6 Å². The Morgan fingerprint density at radius 1 is 0.346 bits per heavy atom. The highest BCUT2D eigenvalue weighted by molar-refractivity contribution is 7.26. The van der Waals surface area contributed by atoms with Gasteiger partial charge in [-0.3, -0.25) is 0 Å². The molecule has 9 aromatic carbocycles. The second-order valence-electron chi connectivity index (χ2n) is 12.3. The van der Waals surface area contributed by atoms with E-state index in [9.17, 15) is 16.4 Å². The van der Waals surface area contributed by atoms with Crippen LogP contribution in [0, 0.1) is 0 Å². The van der Waals surface area contributed by atoms with Crippen molar-refractivity contribution < 1.29 is 16.4 Å². The van der Waals surface area contributed by atoms with Crippen molar-refractivity contribution in [3.63, 3.8) is 0 Å². The van der Waals surface area contributed by atoms with Crippen LogP contribution in [0.2, 0.25) is 0 Å². The molecule has 0 unspecified atom stereocenters. The van der Waals surface area contributed by atoms with Crippen LogP contribution in [0.25, 0.3) is 75.1 Å². The van der Waals surface area contributed by atoms with Crippen molar-refractivity contribution in [3.05, 3.63) is 200 Å². The standard InChI is InChI=1S/C50H33NS/c1-3-14-42-34(10-1)12-7-17-44(42)36-22-28-39(29-23-36)51(40-30-24-37(25-31-40)45-18-8-13-35-11-2-4-15-43(35)45)41-32-26-38(27-33-41)46-19-9-20-48-47-16-5-6-21-49(47)52-50(46)48/h1-33H/i22D,23D,24D,25D,26D,27D,28D,29D,30D,31D,32D,33D. The summed E-state index contributed by atoms with van der Waals surface area (Å²) in [5, 5.41) is 4.77. The maximum Gasteiger partial charge on any atom is 0.0645 e. The van der Waals surface area contributed by atoms with Crippen molar-refractivity contribution in [1.82, 2.24) is 0 Å². The monoisotopic (exact) mass is 691 g/mol. The number of rotatable bonds is 6. The van der Waals surface area contributed by atoms with Gasteiger partial charge in [0.2, 0.25) is 0 Å². The number of hydrogen-bond acceptors (Lipinski definition) is 2. The fourth-order valence-electron chi connectivity index (χ4n) is 6.82. The minimum atomic E-state index is -0.657. The van der Waals surface area contributed by atoms with E-state index >= 15 is 0 Å². The highest BCUT2D eigenvalue weighted by Crippen LogP contribution is 2.42. The Morgan fingerprint density at radius 3 is 1.27 bits per heavy atom. The predicted octanol–water partition coefficient (Wildman–Crippen LogP) is 14.8. The fourth-order valence-corrected chi connectivity index (χ4v) is 8.05. The molecule has 0 aliphatic carbocycles. The first-order valence-electron chi connectivity index (χ1n) is 22.8. The average Bonchev–Trinajstić information content (AvgIpc) is 3.69. The SMILES string of the molecule is [2H]c1c([2H])c(N(c2c([2H])c([2H])c(-c3cccc4ccccc34)c([2H])c2[2H])c2c([2H])c([2H])c(-c3cccc4c3sc3ccccc34)c([2H])c2[2H])c([2H])c([2H])c1-c1cccc2ccccc12. The van der Waals surface area contributed by atoms with Gasteiger partial charge in [-0.2, -0.15) is 0 Å². The quantitative estimate of drug-likeness (QED) is 0.168. The molecule has 0 amide bonds. The summed E-state index contributed by atoms with van der Waals surface area (Å²) in [5.41, 5.74) is -0.522. The Kier molecular flexibility index (Phi) is 4.98. The highest BCUT2D eigenvalue weighted by atomic mass is 32.1. The first kappa shape index (κ1) is 20.4. The topological polar surface area (TPSA) is 3.24 Å². The minimum Gasteiger partial charge on any atom is -0.311 e. The zero-order valence-electron chi connectivity index (χ0n) is 39.5. The van der Waals surface area contributed by atoms with Crippen molar-refractivity contribution >= 4 is 70.1 Å². The van der Waals surface area contributed by atoms with E-state index in [4.69, 9.17) is 0 Å². The summed E-state index contributed by atoms with van der Waals surface area (Å²) in [6.07, 6.45) is 0. The molecule has 0 aliphatic rings. The molecule has 244 valence electrons. The Balaban J connectivity index is 1.29. The largest absolute Gasteiger partial charge is 0.311 e. The molecular weight excluding hydrogens is 647 g/mol. The Hall–Kier alpha value is -6.48. The lowest BCUT2D eigenvalue weighted by molar-refractivity contribution is 1.28. The van der Waals surface area contributed by atoms with Crippen LogP contribution in [0.1, 0.15) is 16.4 Å². The van der Waals surface area contributed by atoms with E-state index in [2.05, 4.69) is 0 Å². The summed E-state index contributed by atoms with van der Waals surface area (Å²) in [5.74, 6) is 0. The Morgan fingerprint density at radius 2 is 0.731 bits per heavy atom. The number of benzene rings is 9. The fraction of sp³-hybridized carbons (Fsp3) is 0. The van der Waals surface area contributed by atoms with Gasteiger partial charge in [0, 0.05) is 37.2 Å². The third-order valence-corrected chi connectivity index (χ3v) is 10.5. The molecule has 0 fully saturated rings. The number of nitrogens with zero attached hydrogens (tertiary/aromatic N) is 1. The van der Waals surface area contributed by atoms with Crippen molar-refractivity contribution in [2.24, 2.45) is 0 Å². The molecule has 0 N–H and O–H groups in total. The van der Waals surface area contributed by atoms with Crippen LogP contribution in [0.15, 0.2) is 200 Å². The van der Waals surface area contributed by atoms with Crippen LogP contribution in [0.3, 0.4) is 0 Å². The minimum absolute atomic E-state index is 0.0208. The summed E-state index contributed by atoms with van der Waals surface area (Å²) < 4.78 is 116. The Bertz CT molecular complexity index is 3380. The maximum atomic E-state index is 9.64. The van der Waals surface area contributed by atoms with Crippen LogP contribution in [-0.4, -0.2) is 0 Å². The molecule has 0 aliphatic heterocycles.